The quantitative estimate of drug-likeness (QED) is 0.782. The van der Waals surface area contributed by atoms with Gasteiger partial charge in [-0.15, -0.1) is 0 Å². The lowest BCUT2D eigenvalue weighted by Gasteiger charge is -2.32. The molecule has 2 N–H and O–H groups in total. The summed E-state index contributed by atoms with van der Waals surface area (Å²) < 4.78 is 0. The molecule has 1 heterocycles. The highest BCUT2D eigenvalue weighted by Gasteiger charge is 2.22. The Labute approximate surface area is 109 Å². The van der Waals surface area contributed by atoms with Crippen LogP contribution in [0.3, 0.4) is 0 Å². The second-order valence-electron chi connectivity index (χ2n) is 4.81. The van der Waals surface area contributed by atoms with Crippen LogP contribution in [0, 0.1) is 0 Å². The van der Waals surface area contributed by atoms with Gasteiger partial charge in [0.2, 0.25) is 5.91 Å². The Kier molecular flexibility index (Phi) is 6.54. The highest BCUT2D eigenvalue weighted by atomic mass is 16.2. The molecular weight excluding hydrogens is 230 g/mol. The molecule has 0 atom stereocenters. The van der Waals surface area contributed by atoms with E-state index in [0.717, 1.165) is 38.8 Å². The molecule has 5 heteroatoms. The Bertz CT molecular complexity index is 273. The highest BCUT2D eigenvalue weighted by Crippen LogP contribution is 2.11. The van der Waals surface area contributed by atoms with Crippen molar-refractivity contribution in [2.45, 2.75) is 52.0 Å². The minimum Gasteiger partial charge on any atom is -0.343 e. The molecule has 3 amide bonds. The van der Waals surface area contributed by atoms with Crippen LogP contribution < -0.4 is 10.6 Å². The highest BCUT2D eigenvalue weighted by molar-refractivity contribution is 5.76. The molecule has 18 heavy (non-hydrogen) atoms. The average Bonchev–Trinajstić information content (AvgIpc) is 2.37. The maximum Gasteiger partial charge on any atom is 0.315 e. The van der Waals surface area contributed by atoms with Crippen molar-refractivity contribution in [3.8, 4) is 0 Å². The summed E-state index contributed by atoms with van der Waals surface area (Å²) in [6.45, 7) is 6.27. The fraction of sp³-hybridized carbons (Fsp3) is 0.846. The summed E-state index contributed by atoms with van der Waals surface area (Å²) in [6, 6.07) is 0.114. The van der Waals surface area contributed by atoms with Crippen LogP contribution in [0.5, 0.6) is 0 Å². The third kappa shape index (κ3) is 4.94. The smallest absolute Gasteiger partial charge is 0.315 e. The van der Waals surface area contributed by atoms with Crippen molar-refractivity contribution in [3.05, 3.63) is 0 Å². The zero-order chi connectivity index (χ0) is 13.4. The van der Waals surface area contributed by atoms with Gasteiger partial charge in [-0.1, -0.05) is 13.8 Å². The topological polar surface area (TPSA) is 61.4 Å². The number of likely N-dealkylation sites (tertiary alicyclic amines) is 1. The van der Waals surface area contributed by atoms with Crippen LogP contribution in [0.2, 0.25) is 0 Å². The predicted octanol–water partition coefficient (Wildman–Crippen LogP) is 1.49. The first-order chi connectivity index (χ1) is 8.67. The maximum absolute atomic E-state index is 11.7. The molecule has 0 aromatic carbocycles. The minimum atomic E-state index is -0.0878. The fourth-order valence-corrected chi connectivity index (χ4v) is 2.12. The molecule has 104 valence electrons. The summed E-state index contributed by atoms with van der Waals surface area (Å²) in [5.41, 5.74) is 0. The van der Waals surface area contributed by atoms with Crippen molar-refractivity contribution in [2.75, 3.05) is 19.6 Å². The Morgan fingerprint density at radius 1 is 1.17 bits per heavy atom. The van der Waals surface area contributed by atoms with Gasteiger partial charge in [-0.2, -0.15) is 0 Å². The van der Waals surface area contributed by atoms with Gasteiger partial charge >= 0.3 is 6.03 Å². The van der Waals surface area contributed by atoms with Crippen molar-refractivity contribution >= 4 is 11.9 Å². The lowest BCUT2D eigenvalue weighted by molar-refractivity contribution is -0.132. The molecule has 1 fully saturated rings. The molecule has 0 aliphatic carbocycles. The molecule has 0 saturated carbocycles. The lowest BCUT2D eigenvalue weighted by atomic mass is 10.0. The summed E-state index contributed by atoms with van der Waals surface area (Å²) in [5.74, 6) is 0.242. The molecule has 0 unspecified atom stereocenters. The number of hydrogen-bond acceptors (Lipinski definition) is 2. The van der Waals surface area contributed by atoms with Crippen molar-refractivity contribution in [2.24, 2.45) is 0 Å². The van der Waals surface area contributed by atoms with E-state index in [4.69, 9.17) is 0 Å². The van der Waals surface area contributed by atoms with E-state index in [1.54, 1.807) is 0 Å². The summed E-state index contributed by atoms with van der Waals surface area (Å²) in [5, 5.41) is 5.76. The second-order valence-corrected chi connectivity index (χ2v) is 4.81. The number of hydrogen-bond donors (Lipinski definition) is 2. The Morgan fingerprint density at radius 2 is 1.83 bits per heavy atom. The molecule has 0 bridgehead atoms. The molecule has 0 aromatic heterocycles. The van der Waals surface area contributed by atoms with Gasteiger partial charge in [0.25, 0.3) is 0 Å². The lowest BCUT2D eigenvalue weighted by Crippen LogP contribution is -2.49. The van der Waals surface area contributed by atoms with E-state index in [-0.39, 0.29) is 18.0 Å². The van der Waals surface area contributed by atoms with E-state index in [9.17, 15) is 9.59 Å². The summed E-state index contributed by atoms with van der Waals surface area (Å²) >= 11 is 0. The van der Waals surface area contributed by atoms with Gasteiger partial charge in [-0.25, -0.2) is 4.79 Å². The number of nitrogens with one attached hydrogen (secondary N) is 2. The van der Waals surface area contributed by atoms with Gasteiger partial charge in [0.1, 0.15) is 0 Å². The van der Waals surface area contributed by atoms with Crippen molar-refractivity contribution in [3.63, 3.8) is 0 Å². The third-order valence-electron chi connectivity index (χ3n) is 3.18. The van der Waals surface area contributed by atoms with E-state index in [2.05, 4.69) is 10.6 Å². The number of amides is 3. The van der Waals surface area contributed by atoms with Gasteiger partial charge < -0.3 is 15.5 Å². The van der Waals surface area contributed by atoms with Crippen LogP contribution in [0.25, 0.3) is 0 Å². The number of rotatable bonds is 5. The van der Waals surface area contributed by atoms with Crippen LogP contribution >= 0.6 is 0 Å². The number of nitrogens with zero attached hydrogens (tertiary/aromatic N) is 1. The normalized spacial score (nSPS) is 16.4. The van der Waals surface area contributed by atoms with Crippen molar-refractivity contribution in [1.29, 1.82) is 0 Å². The molecular formula is C13H25N3O2. The van der Waals surface area contributed by atoms with Gasteiger partial charge in [0.15, 0.2) is 0 Å². The molecule has 0 aromatic rings. The number of urea groups is 1. The number of carbonyl (C=O) groups is 2. The molecule has 5 nitrogen and oxygen atoms in total. The van der Waals surface area contributed by atoms with E-state index in [1.165, 1.54) is 0 Å². The zero-order valence-corrected chi connectivity index (χ0v) is 11.5. The Balaban J connectivity index is 2.22. The molecule has 0 radical (unpaired) electrons. The average molecular weight is 255 g/mol. The first kappa shape index (κ1) is 14.8. The Hall–Kier alpha value is -1.26. The van der Waals surface area contributed by atoms with Crippen molar-refractivity contribution in [1.82, 2.24) is 15.5 Å². The number of piperidine rings is 1. The second kappa shape index (κ2) is 7.95. The number of carbonyl (C=O) groups excluding carboxylic acids is 2. The molecule has 0 spiro atoms. The minimum absolute atomic E-state index is 0.0878. The SMILES string of the molecule is CCCNC(=O)NC1CCN(C(=O)CCC)CC1. The molecule has 1 aliphatic heterocycles. The van der Waals surface area contributed by atoms with Crippen LogP contribution in [0.4, 0.5) is 4.79 Å². The van der Waals surface area contributed by atoms with Gasteiger partial charge in [-0.3, -0.25) is 4.79 Å². The third-order valence-corrected chi connectivity index (χ3v) is 3.18. The standard InChI is InChI=1S/C13H25N3O2/c1-3-5-12(17)16-9-6-11(7-10-16)15-13(18)14-8-4-2/h11H,3-10H2,1-2H3,(H2,14,15,18). The Morgan fingerprint density at radius 3 is 2.39 bits per heavy atom. The zero-order valence-electron chi connectivity index (χ0n) is 11.5. The van der Waals surface area contributed by atoms with E-state index in [1.807, 2.05) is 18.7 Å². The first-order valence-corrected chi connectivity index (χ1v) is 6.99. The van der Waals surface area contributed by atoms with Crippen LogP contribution in [0.1, 0.15) is 46.0 Å². The molecule has 1 saturated heterocycles. The van der Waals surface area contributed by atoms with E-state index >= 15 is 0 Å². The summed E-state index contributed by atoms with van der Waals surface area (Å²) in [4.78, 5) is 25.1. The summed E-state index contributed by atoms with van der Waals surface area (Å²) in [6.07, 6.45) is 4.19. The van der Waals surface area contributed by atoms with Gasteiger partial charge in [0, 0.05) is 32.1 Å². The van der Waals surface area contributed by atoms with E-state index < -0.39 is 0 Å². The van der Waals surface area contributed by atoms with E-state index in [0.29, 0.717) is 13.0 Å². The van der Waals surface area contributed by atoms with Crippen LogP contribution in [-0.2, 0) is 4.79 Å². The predicted molar refractivity (Wildman–Crippen MR) is 71.3 cm³/mol. The van der Waals surface area contributed by atoms with Crippen LogP contribution in [-0.4, -0.2) is 42.5 Å². The van der Waals surface area contributed by atoms with Gasteiger partial charge in [-0.05, 0) is 25.7 Å². The monoisotopic (exact) mass is 255 g/mol. The van der Waals surface area contributed by atoms with Gasteiger partial charge in [0.05, 0.1) is 0 Å². The summed E-state index contributed by atoms with van der Waals surface area (Å²) in [7, 11) is 0. The largest absolute Gasteiger partial charge is 0.343 e. The molecule has 1 aliphatic rings. The molecule has 1 rings (SSSR count). The maximum atomic E-state index is 11.7. The fourth-order valence-electron chi connectivity index (χ4n) is 2.12. The van der Waals surface area contributed by atoms with Crippen molar-refractivity contribution < 1.29 is 9.59 Å². The first-order valence-electron chi connectivity index (χ1n) is 6.99. The van der Waals surface area contributed by atoms with Crippen LogP contribution in [0.15, 0.2) is 0 Å².